The fourth-order valence-electron chi connectivity index (χ4n) is 3.29. The Morgan fingerprint density at radius 3 is 2.63 bits per heavy atom. The number of carbonyl (C=O) groups excluding carboxylic acids is 1. The van der Waals surface area contributed by atoms with Gasteiger partial charge < -0.3 is 14.5 Å². The SMILES string of the molecule is O=C(NCc1ccccc1CN1CCOCC1)c1cc2cccc(Br)c2o1. The van der Waals surface area contributed by atoms with Gasteiger partial charge >= 0.3 is 0 Å². The molecule has 0 bridgehead atoms. The normalized spacial score (nSPS) is 15.1. The van der Waals surface area contributed by atoms with Gasteiger partial charge in [-0.1, -0.05) is 36.4 Å². The molecule has 0 atom stereocenters. The van der Waals surface area contributed by atoms with E-state index < -0.39 is 0 Å². The number of hydrogen-bond donors (Lipinski definition) is 1. The summed E-state index contributed by atoms with van der Waals surface area (Å²) in [7, 11) is 0. The molecule has 5 nitrogen and oxygen atoms in total. The third kappa shape index (κ3) is 4.24. The van der Waals surface area contributed by atoms with Crippen LogP contribution in [0.4, 0.5) is 0 Å². The Labute approximate surface area is 166 Å². The number of halogens is 1. The van der Waals surface area contributed by atoms with Gasteiger partial charge in [-0.05, 0) is 39.2 Å². The van der Waals surface area contributed by atoms with Gasteiger partial charge in [0, 0.05) is 31.6 Å². The van der Waals surface area contributed by atoms with Crippen molar-refractivity contribution in [2.45, 2.75) is 13.1 Å². The quantitative estimate of drug-likeness (QED) is 0.667. The highest BCUT2D eigenvalue weighted by atomic mass is 79.9. The Hall–Kier alpha value is -2.15. The first-order valence-corrected chi connectivity index (χ1v) is 9.83. The van der Waals surface area contributed by atoms with Gasteiger partial charge in [0.15, 0.2) is 5.76 Å². The first-order valence-electron chi connectivity index (χ1n) is 9.04. The molecule has 1 aliphatic heterocycles. The van der Waals surface area contributed by atoms with Crippen LogP contribution in [-0.4, -0.2) is 37.1 Å². The fraction of sp³-hybridized carbons (Fsp3) is 0.286. The van der Waals surface area contributed by atoms with Crippen LogP contribution in [0.3, 0.4) is 0 Å². The number of hydrogen-bond acceptors (Lipinski definition) is 4. The zero-order chi connectivity index (χ0) is 18.6. The maximum Gasteiger partial charge on any atom is 0.287 e. The van der Waals surface area contributed by atoms with Crippen LogP contribution in [0.1, 0.15) is 21.7 Å². The van der Waals surface area contributed by atoms with Crippen LogP contribution in [-0.2, 0) is 17.8 Å². The minimum Gasteiger partial charge on any atom is -0.450 e. The molecule has 2 heterocycles. The summed E-state index contributed by atoms with van der Waals surface area (Å²) in [5, 5.41) is 3.89. The number of furan rings is 1. The maximum atomic E-state index is 12.6. The first-order chi connectivity index (χ1) is 13.2. The molecule has 1 aromatic heterocycles. The van der Waals surface area contributed by atoms with Gasteiger partial charge in [-0.15, -0.1) is 0 Å². The van der Waals surface area contributed by atoms with Gasteiger partial charge in [0.25, 0.3) is 5.91 Å². The molecule has 0 saturated carbocycles. The Morgan fingerprint density at radius 1 is 1.07 bits per heavy atom. The molecule has 0 unspecified atom stereocenters. The number of ether oxygens (including phenoxy) is 1. The minimum absolute atomic E-state index is 0.209. The number of benzene rings is 2. The lowest BCUT2D eigenvalue weighted by atomic mass is 10.1. The molecule has 1 aliphatic rings. The number of para-hydroxylation sites is 1. The van der Waals surface area contributed by atoms with E-state index in [1.807, 2.05) is 30.3 Å². The average Bonchev–Trinajstić information content (AvgIpc) is 3.14. The molecule has 0 aliphatic carbocycles. The molecule has 0 radical (unpaired) electrons. The molecule has 27 heavy (non-hydrogen) atoms. The first kappa shape index (κ1) is 18.2. The van der Waals surface area contributed by atoms with Crippen LogP contribution in [0.15, 0.2) is 57.4 Å². The number of fused-ring (bicyclic) bond motifs is 1. The smallest absolute Gasteiger partial charge is 0.287 e. The van der Waals surface area contributed by atoms with E-state index in [0.717, 1.165) is 48.3 Å². The van der Waals surface area contributed by atoms with Crippen molar-refractivity contribution in [3.8, 4) is 0 Å². The zero-order valence-corrected chi connectivity index (χ0v) is 16.5. The molecule has 1 saturated heterocycles. The number of rotatable bonds is 5. The number of carbonyl (C=O) groups is 1. The summed E-state index contributed by atoms with van der Waals surface area (Å²) < 4.78 is 12.0. The van der Waals surface area contributed by atoms with Crippen molar-refractivity contribution < 1.29 is 13.9 Å². The molecule has 6 heteroatoms. The summed E-state index contributed by atoms with van der Waals surface area (Å²) in [6.07, 6.45) is 0. The number of morpholine rings is 1. The summed E-state index contributed by atoms with van der Waals surface area (Å²) in [5.74, 6) is 0.113. The van der Waals surface area contributed by atoms with Gasteiger partial charge in [-0.2, -0.15) is 0 Å². The Bertz CT molecular complexity index is 948. The summed E-state index contributed by atoms with van der Waals surface area (Å²) >= 11 is 3.45. The van der Waals surface area contributed by atoms with Crippen molar-refractivity contribution in [3.63, 3.8) is 0 Å². The van der Waals surface area contributed by atoms with Gasteiger partial charge in [-0.3, -0.25) is 9.69 Å². The van der Waals surface area contributed by atoms with Crippen LogP contribution in [0.25, 0.3) is 11.0 Å². The van der Waals surface area contributed by atoms with E-state index >= 15 is 0 Å². The van der Waals surface area contributed by atoms with E-state index in [1.165, 1.54) is 5.56 Å². The lowest BCUT2D eigenvalue weighted by molar-refractivity contribution is 0.0340. The molecule has 4 rings (SSSR count). The molecule has 1 N–H and O–H groups in total. The minimum atomic E-state index is -0.209. The molecule has 140 valence electrons. The number of nitrogens with one attached hydrogen (secondary N) is 1. The predicted molar refractivity (Wildman–Crippen MR) is 108 cm³/mol. The molecular weight excluding hydrogens is 408 g/mol. The molecular formula is C21H21BrN2O3. The second-order valence-corrected chi connectivity index (χ2v) is 7.46. The molecule has 2 aromatic carbocycles. The van der Waals surface area contributed by atoms with Gasteiger partial charge in [0.05, 0.1) is 17.7 Å². The van der Waals surface area contributed by atoms with Crippen LogP contribution in [0.2, 0.25) is 0 Å². The second kappa shape index (κ2) is 8.25. The molecule has 1 amide bonds. The average molecular weight is 429 g/mol. The molecule has 0 spiro atoms. The zero-order valence-electron chi connectivity index (χ0n) is 14.9. The number of amides is 1. The van der Waals surface area contributed by atoms with Crippen molar-refractivity contribution in [3.05, 3.63) is 69.9 Å². The lowest BCUT2D eigenvalue weighted by Gasteiger charge is -2.27. The largest absolute Gasteiger partial charge is 0.450 e. The Balaban J connectivity index is 1.44. The van der Waals surface area contributed by atoms with Crippen molar-refractivity contribution >= 4 is 32.8 Å². The van der Waals surface area contributed by atoms with Gasteiger partial charge in [0.2, 0.25) is 0 Å². The summed E-state index contributed by atoms with van der Waals surface area (Å²) in [6, 6.07) is 15.7. The second-order valence-electron chi connectivity index (χ2n) is 6.61. The third-order valence-electron chi connectivity index (χ3n) is 4.78. The Morgan fingerprint density at radius 2 is 1.85 bits per heavy atom. The predicted octanol–water partition coefficient (Wildman–Crippen LogP) is 3.96. The van der Waals surface area contributed by atoms with Crippen LogP contribution in [0.5, 0.6) is 0 Å². The fourth-order valence-corrected chi connectivity index (χ4v) is 3.75. The Kier molecular flexibility index (Phi) is 5.57. The van der Waals surface area contributed by atoms with E-state index in [-0.39, 0.29) is 5.91 Å². The van der Waals surface area contributed by atoms with Crippen molar-refractivity contribution in [2.24, 2.45) is 0 Å². The standard InChI is InChI=1S/C21H21BrN2O3/c22-18-7-3-6-15-12-19(27-20(15)18)21(25)23-13-16-4-1-2-5-17(16)14-24-8-10-26-11-9-24/h1-7,12H,8-11,13-14H2,(H,23,25). The monoisotopic (exact) mass is 428 g/mol. The maximum absolute atomic E-state index is 12.6. The van der Waals surface area contributed by atoms with Gasteiger partial charge in [-0.25, -0.2) is 0 Å². The lowest BCUT2D eigenvalue weighted by Crippen LogP contribution is -2.36. The van der Waals surface area contributed by atoms with E-state index in [4.69, 9.17) is 9.15 Å². The highest BCUT2D eigenvalue weighted by Crippen LogP contribution is 2.27. The topological polar surface area (TPSA) is 54.7 Å². The number of nitrogens with zero attached hydrogens (tertiary/aromatic N) is 1. The van der Waals surface area contributed by atoms with E-state index in [9.17, 15) is 4.79 Å². The van der Waals surface area contributed by atoms with Crippen LogP contribution in [0, 0.1) is 0 Å². The third-order valence-corrected chi connectivity index (χ3v) is 5.40. The van der Waals surface area contributed by atoms with E-state index in [0.29, 0.717) is 17.9 Å². The summed E-state index contributed by atoms with van der Waals surface area (Å²) in [6.45, 7) is 4.77. The summed E-state index contributed by atoms with van der Waals surface area (Å²) in [5.41, 5.74) is 3.04. The highest BCUT2D eigenvalue weighted by Gasteiger charge is 2.15. The molecule has 3 aromatic rings. The van der Waals surface area contributed by atoms with E-state index in [1.54, 1.807) is 6.07 Å². The van der Waals surface area contributed by atoms with E-state index in [2.05, 4.69) is 38.3 Å². The van der Waals surface area contributed by atoms with Crippen molar-refractivity contribution in [1.29, 1.82) is 0 Å². The van der Waals surface area contributed by atoms with Crippen molar-refractivity contribution in [2.75, 3.05) is 26.3 Å². The highest BCUT2D eigenvalue weighted by molar-refractivity contribution is 9.10. The van der Waals surface area contributed by atoms with Crippen molar-refractivity contribution in [1.82, 2.24) is 10.2 Å². The summed E-state index contributed by atoms with van der Waals surface area (Å²) in [4.78, 5) is 14.9. The van der Waals surface area contributed by atoms with Crippen LogP contribution < -0.4 is 5.32 Å². The van der Waals surface area contributed by atoms with Crippen LogP contribution >= 0.6 is 15.9 Å². The van der Waals surface area contributed by atoms with Gasteiger partial charge in [0.1, 0.15) is 5.58 Å². The molecule has 1 fully saturated rings.